The van der Waals surface area contributed by atoms with Crippen LogP contribution >= 0.6 is 0 Å². The first-order valence-electron chi connectivity index (χ1n) is 7.55. The molecule has 0 amide bonds. The first kappa shape index (κ1) is 15.3. The van der Waals surface area contributed by atoms with Gasteiger partial charge in [-0.25, -0.2) is 0 Å². The fourth-order valence-corrected chi connectivity index (χ4v) is 2.83. The summed E-state index contributed by atoms with van der Waals surface area (Å²) in [5.41, 5.74) is 0.828. The average Bonchev–Trinajstić information content (AvgIpc) is 3.05. The standard InChI is InChI=1S/C15H19N5O3/c1-18(2)15-16-14(23-17-15)11-7-9-19(10-8-11)12-5-3-4-6-13(12)20(21)22/h3-6,11H,7-10H2,1-2H3. The first-order chi connectivity index (χ1) is 11.1. The highest BCUT2D eigenvalue weighted by atomic mass is 16.6. The van der Waals surface area contributed by atoms with Crippen molar-refractivity contribution in [3.63, 3.8) is 0 Å². The van der Waals surface area contributed by atoms with Crippen LogP contribution in [0.4, 0.5) is 17.3 Å². The van der Waals surface area contributed by atoms with E-state index < -0.39 is 0 Å². The van der Waals surface area contributed by atoms with Crippen molar-refractivity contribution < 1.29 is 9.45 Å². The van der Waals surface area contributed by atoms with Crippen LogP contribution in [0.1, 0.15) is 24.7 Å². The van der Waals surface area contributed by atoms with Crippen LogP contribution in [0.25, 0.3) is 0 Å². The van der Waals surface area contributed by atoms with Gasteiger partial charge in [-0.3, -0.25) is 10.1 Å². The van der Waals surface area contributed by atoms with E-state index in [1.807, 2.05) is 20.2 Å². The molecule has 1 saturated heterocycles. The Morgan fingerprint density at radius 3 is 2.61 bits per heavy atom. The van der Waals surface area contributed by atoms with Crippen molar-refractivity contribution in [3.8, 4) is 0 Å². The zero-order valence-corrected chi connectivity index (χ0v) is 13.2. The Labute approximate surface area is 133 Å². The van der Waals surface area contributed by atoms with Gasteiger partial charge in [0, 0.05) is 39.2 Å². The molecular formula is C15H19N5O3. The molecule has 0 saturated carbocycles. The van der Waals surface area contributed by atoms with Gasteiger partial charge in [0.2, 0.25) is 5.89 Å². The number of piperidine rings is 1. The van der Waals surface area contributed by atoms with Crippen LogP contribution in [0.5, 0.6) is 0 Å². The summed E-state index contributed by atoms with van der Waals surface area (Å²) < 4.78 is 5.34. The molecule has 0 radical (unpaired) electrons. The summed E-state index contributed by atoms with van der Waals surface area (Å²) in [5.74, 6) is 1.42. The minimum absolute atomic E-state index is 0.152. The smallest absolute Gasteiger partial charge is 0.292 e. The fourth-order valence-electron chi connectivity index (χ4n) is 2.83. The maximum Gasteiger partial charge on any atom is 0.292 e. The molecule has 0 bridgehead atoms. The number of hydrogen-bond acceptors (Lipinski definition) is 7. The van der Waals surface area contributed by atoms with E-state index in [0.29, 0.717) is 17.5 Å². The van der Waals surface area contributed by atoms with Gasteiger partial charge in [-0.15, -0.1) is 0 Å². The maximum atomic E-state index is 11.2. The van der Waals surface area contributed by atoms with Gasteiger partial charge in [0.1, 0.15) is 5.69 Å². The van der Waals surface area contributed by atoms with Crippen molar-refractivity contribution in [3.05, 3.63) is 40.3 Å². The van der Waals surface area contributed by atoms with Gasteiger partial charge in [-0.1, -0.05) is 12.1 Å². The summed E-state index contributed by atoms with van der Waals surface area (Å²) >= 11 is 0. The molecular weight excluding hydrogens is 298 g/mol. The largest absolute Gasteiger partial charge is 0.366 e. The molecule has 1 aromatic carbocycles. The number of hydrogen-bond donors (Lipinski definition) is 0. The van der Waals surface area contributed by atoms with E-state index in [1.165, 1.54) is 0 Å². The summed E-state index contributed by atoms with van der Waals surface area (Å²) in [4.78, 5) is 19.1. The van der Waals surface area contributed by atoms with Gasteiger partial charge in [0.25, 0.3) is 11.6 Å². The molecule has 0 N–H and O–H groups in total. The van der Waals surface area contributed by atoms with Gasteiger partial charge in [-0.2, -0.15) is 4.98 Å². The molecule has 8 nitrogen and oxygen atoms in total. The number of nitrogens with zero attached hydrogens (tertiary/aromatic N) is 5. The highest BCUT2D eigenvalue weighted by Gasteiger charge is 2.28. The molecule has 0 aliphatic carbocycles. The van der Waals surface area contributed by atoms with Gasteiger partial charge >= 0.3 is 0 Å². The fraction of sp³-hybridized carbons (Fsp3) is 0.467. The highest BCUT2D eigenvalue weighted by Crippen LogP contribution is 2.34. The van der Waals surface area contributed by atoms with E-state index in [1.54, 1.807) is 23.1 Å². The van der Waals surface area contributed by atoms with Crippen molar-refractivity contribution in [2.75, 3.05) is 37.0 Å². The molecule has 1 aliphatic heterocycles. The van der Waals surface area contributed by atoms with E-state index in [2.05, 4.69) is 15.0 Å². The molecule has 8 heteroatoms. The van der Waals surface area contributed by atoms with E-state index in [0.717, 1.165) is 25.9 Å². The zero-order chi connectivity index (χ0) is 16.4. The van der Waals surface area contributed by atoms with E-state index >= 15 is 0 Å². The molecule has 2 aromatic rings. The second-order valence-electron chi connectivity index (χ2n) is 5.83. The normalized spacial score (nSPS) is 15.7. The summed E-state index contributed by atoms with van der Waals surface area (Å²) in [6.07, 6.45) is 1.67. The third-order valence-electron chi connectivity index (χ3n) is 4.09. The molecule has 0 spiro atoms. The van der Waals surface area contributed by atoms with Crippen molar-refractivity contribution in [2.45, 2.75) is 18.8 Å². The Hall–Kier alpha value is -2.64. The topological polar surface area (TPSA) is 88.5 Å². The third-order valence-corrected chi connectivity index (χ3v) is 4.09. The van der Waals surface area contributed by atoms with Crippen molar-refractivity contribution in [1.29, 1.82) is 0 Å². The second kappa shape index (κ2) is 6.23. The van der Waals surface area contributed by atoms with Gasteiger partial charge < -0.3 is 14.3 Å². The predicted octanol–water partition coefficient (Wildman–Crippen LogP) is 2.43. The predicted molar refractivity (Wildman–Crippen MR) is 85.9 cm³/mol. The highest BCUT2D eigenvalue weighted by molar-refractivity contribution is 5.63. The molecule has 122 valence electrons. The molecule has 2 heterocycles. The molecule has 0 unspecified atom stereocenters. The number of nitro groups is 1. The molecule has 3 rings (SSSR count). The monoisotopic (exact) mass is 317 g/mol. The summed E-state index contributed by atoms with van der Waals surface area (Å²) in [5, 5.41) is 15.1. The van der Waals surface area contributed by atoms with Crippen LogP contribution in [0.3, 0.4) is 0 Å². The average molecular weight is 317 g/mol. The molecule has 1 aromatic heterocycles. The number of aromatic nitrogens is 2. The Morgan fingerprint density at radius 2 is 2.00 bits per heavy atom. The molecule has 23 heavy (non-hydrogen) atoms. The lowest BCUT2D eigenvalue weighted by Crippen LogP contribution is -2.33. The lowest BCUT2D eigenvalue weighted by Gasteiger charge is -2.31. The van der Waals surface area contributed by atoms with E-state index in [4.69, 9.17) is 4.52 Å². The van der Waals surface area contributed by atoms with Crippen LogP contribution in [0.2, 0.25) is 0 Å². The van der Waals surface area contributed by atoms with Crippen LogP contribution in [0, 0.1) is 10.1 Å². The molecule has 1 fully saturated rings. The third kappa shape index (κ3) is 3.10. The van der Waals surface area contributed by atoms with Crippen LogP contribution in [0.15, 0.2) is 28.8 Å². The quantitative estimate of drug-likeness (QED) is 0.632. The van der Waals surface area contributed by atoms with Gasteiger partial charge in [-0.05, 0) is 24.1 Å². The minimum Gasteiger partial charge on any atom is -0.366 e. The van der Waals surface area contributed by atoms with E-state index in [-0.39, 0.29) is 16.5 Å². The van der Waals surface area contributed by atoms with Gasteiger partial charge in [0.15, 0.2) is 0 Å². The lowest BCUT2D eigenvalue weighted by atomic mass is 9.96. The first-order valence-corrected chi connectivity index (χ1v) is 7.55. The second-order valence-corrected chi connectivity index (χ2v) is 5.83. The van der Waals surface area contributed by atoms with Crippen LogP contribution < -0.4 is 9.80 Å². The van der Waals surface area contributed by atoms with Gasteiger partial charge in [0.05, 0.1) is 4.92 Å². The Morgan fingerprint density at radius 1 is 1.30 bits per heavy atom. The number of benzene rings is 1. The summed E-state index contributed by atoms with van der Waals surface area (Å²) in [6, 6.07) is 6.86. The summed E-state index contributed by atoms with van der Waals surface area (Å²) in [7, 11) is 3.73. The van der Waals surface area contributed by atoms with Crippen molar-refractivity contribution in [2.24, 2.45) is 0 Å². The van der Waals surface area contributed by atoms with Crippen LogP contribution in [-0.2, 0) is 0 Å². The maximum absolute atomic E-state index is 11.2. The Kier molecular flexibility index (Phi) is 4.14. The van der Waals surface area contributed by atoms with Crippen molar-refractivity contribution >= 4 is 17.3 Å². The number of rotatable bonds is 4. The number of para-hydroxylation sites is 2. The summed E-state index contributed by atoms with van der Waals surface area (Å²) in [6.45, 7) is 1.46. The Bertz CT molecular complexity index is 692. The Balaban J connectivity index is 1.70. The SMILES string of the molecule is CN(C)c1noc(C2CCN(c3ccccc3[N+](=O)[O-])CC2)n1. The number of nitro benzene ring substituents is 1. The van der Waals surface area contributed by atoms with E-state index in [9.17, 15) is 10.1 Å². The molecule has 1 aliphatic rings. The minimum atomic E-state index is -0.331. The lowest BCUT2D eigenvalue weighted by molar-refractivity contribution is -0.384. The molecule has 0 atom stereocenters. The zero-order valence-electron chi connectivity index (χ0n) is 13.2. The number of anilines is 2. The van der Waals surface area contributed by atoms with Crippen LogP contribution in [-0.4, -0.2) is 42.2 Å². The van der Waals surface area contributed by atoms with Crippen molar-refractivity contribution in [1.82, 2.24) is 10.1 Å².